The molecule has 0 amide bonds. The van der Waals surface area contributed by atoms with Crippen LogP contribution in [0, 0.1) is 7.14 Å². The van der Waals surface area contributed by atoms with Crippen LogP contribution in [0.5, 0.6) is 23.0 Å². The number of ether oxygens (including phenoxy) is 4. The molecule has 36 heteroatoms. The number of anilines is 5. The zero-order valence-corrected chi connectivity index (χ0v) is 48.3. The zero-order valence-electron chi connectivity index (χ0n) is 39.9. The Kier molecular flexibility index (Phi) is 20.2. The summed E-state index contributed by atoms with van der Waals surface area (Å²) in [5.41, 5.74) is 1.04. The van der Waals surface area contributed by atoms with Crippen LogP contribution in [0.15, 0.2) is 120 Å². The van der Waals surface area contributed by atoms with Crippen LogP contribution in [0.25, 0.3) is 0 Å². The van der Waals surface area contributed by atoms with Crippen LogP contribution in [0.4, 0.5) is 52.0 Å². The number of nitrogens with one attached hydrogen (secondary N) is 3. The van der Waals surface area contributed by atoms with Gasteiger partial charge in [0.05, 0.1) is 66.6 Å². The summed E-state index contributed by atoms with van der Waals surface area (Å²) >= 11 is 3.82. The lowest BCUT2D eigenvalue weighted by Gasteiger charge is -2.17. The van der Waals surface area contributed by atoms with E-state index in [-0.39, 0.29) is 112 Å². The maximum absolute atomic E-state index is 12.0. The monoisotopic (exact) mass is 1400 g/mol. The predicted molar refractivity (Wildman–Crippen MR) is 295 cm³/mol. The smallest absolute Gasteiger partial charge is 0.298 e. The van der Waals surface area contributed by atoms with Crippen LogP contribution >= 0.6 is 45.2 Å². The molecular formula is C42H42I2N10O19S5. The highest BCUT2D eigenvalue weighted by Gasteiger charge is 2.21. The summed E-state index contributed by atoms with van der Waals surface area (Å²) in [6.07, 6.45) is -0.361. The molecule has 8 N–H and O–H groups in total. The summed E-state index contributed by atoms with van der Waals surface area (Å²) in [6.45, 7) is -0.585. The molecule has 1 heterocycles. The van der Waals surface area contributed by atoms with Crippen LogP contribution in [0.3, 0.4) is 0 Å². The molecule has 78 heavy (non-hydrogen) atoms. The second-order valence-electron chi connectivity index (χ2n) is 15.6. The highest BCUT2D eigenvalue weighted by Crippen LogP contribution is 2.40. The molecule has 0 aliphatic rings. The molecule has 0 aliphatic carbocycles. The molecule has 0 fully saturated rings. The van der Waals surface area contributed by atoms with Gasteiger partial charge in [-0.3, -0.25) is 22.8 Å². The second-order valence-corrected chi connectivity index (χ2v) is 25.3. The highest BCUT2D eigenvalue weighted by molar-refractivity contribution is 14.1. The molecule has 0 spiro atoms. The van der Waals surface area contributed by atoms with Crippen molar-refractivity contribution >= 4 is 148 Å². The molecule has 6 aromatic rings. The van der Waals surface area contributed by atoms with E-state index in [0.717, 1.165) is 12.1 Å². The van der Waals surface area contributed by atoms with Crippen molar-refractivity contribution in [2.75, 3.05) is 54.9 Å². The molecule has 5 aromatic carbocycles. The van der Waals surface area contributed by atoms with Crippen LogP contribution in [-0.2, 0) is 57.1 Å². The average molecular weight is 1400 g/mol. The number of aromatic nitrogens is 3. The Bertz CT molecular complexity index is 3660. The van der Waals surface area contributed by atoms with Gasteiger partial charge in [0.2, 0.25) is 17.8 Å². The van der Waals surface area contributed by atoms with Gasteiger partial charge in [0.25, 0.3) is 50.6 Å². The second kappa shape index (κ2) is 25.8. The van der Waals surface area contributed by atoms with Crippen molar-refractivity contribution in [3.63, 3.8) is 0 Å². The van der Waals surface area contributed by atoms with Crippen LogP contribution < -0.4 is 34.9 Å². The van der Waals surface area contributed by atoms with Gasteiger partial charge in [-0.05, 0) is 124 Å². The Morgan fingerprint density at radius 1 is 0.500 bits per heavy atom. The molecule has 0 atom stereocenters. The summed E-state index contributed by atoms with van der Waals surface area (Å²) in [5, 5.41) is 25.7. The van der Waals surface area contributed by atoms with Crippen molar-refractivity contribution in [3.8, 4) is 23.0 Å². The molecule has 0 aliphatic heterocycles. The fourth-order valence-corrected chi connectivity index (χ4v) is 10.3. The summed E-state index contributed by atoms with van der Waals surface area (Å²) in [7, 11) is -20.4. The van der Waals surface area contributed by atoms with Gasteiger partial charge in [-0.2, -0.15) is 67.3 Å². The van der Waals surface area contributed by atoms with E-state index in [1.165, 1.54) is 87.0 Å². The lowest BCUT2D eigenvalue weighted by Crippen LogP contribution is -2.12. The molecular weight excluding hydrogens is 1360 g/mol. The average Bonchev–Trinajstić information content (AvgIpc) is 3.37. The van der Waals surface area contributed by atoms with E-state index < -0.39 is 71.9 Å². The third-order valence-corrected chi connectivity index (χ3v) is 15.9. The van der Waals surface area contributed by atoms with Crippen LogP contribution in [0.1, 0.15) is 18.4 Å². The molecule has 0 saturated carbocycles. The summed E-state index contributed by atoms with van der Waals surface area (Å²) in [5.74, 6) is -2.15. The van der Waals surface area contributed by atoms with Gasteiger partial charge in [0.1, 0.15) is 44.2 Å². The molecule has 1 aromatic heterocycles. The molecule has 29 nitrogen and oxygen atoms in total. The number of hydrogen-bond acceptors (Lipinski definition) is 24. The van der Waals surface area contributed by atoms with Gasteiger partial charge in [-0.15, -0.1) is 10.2 Å². The van der Waals surface area contributed by atoms with E-state index in [9.17, 15) is 64.9 Å². The molecule has 0 saturated heterocycles. The van der Waals surface area contributed by atoms with E-state index in [1.54, 1.807) is 0 Å². The van der Waals surface area contributed by atoms with E-state index >= 15 is 0 Å². The van der Waals surface area contributed by atoms with Gasteiger partial charge in [-0.1, -0.05) is 12.1 Å². The third kappa shape index (κ3) is 18.2. The van der Waals surface area contributed by atoms with Gasteiger partial charge in [0, 0.05) is 25.8 Å². The Hall–Kier alpha value is -6.08. The largest absolute Gasteiger partial charge is 0.495 e. The van der Waals surface area contributed by atoms with Crippen molar-refractivity contribution < 1.29 is 83.8 Å². The van der Waals surface area contributed by atoms with Gasteiger partial charge in [-0.25, -0.2) is 0 Å². The van der Waals surface area contributed by atoms with Gasteiger partial charge in [0.15, 0.2) is 0 Å². The Morgan fingerprint density at radius 3 is 1.28 bits per heavy atom. The van der Waals surface area contributed by atoms with Crippen molar-refractivity contribution in [2.24, 2.45) is 20.5 Å². The normalized spacial score (nSPS) is 12.4. The number of benzene rings is 5. The molecule has 0 unspecified atom stereocenters. The predicted octanol–water partition coefficient (Wildman–Crippen LogP) is 8.08. The first-order chi connectivity index (χ1) is 36.5. The van der Waals surface area contributed by atoms with E-state index in [0.29, 0.717) is 12.7 Å². The standard InChI is InChI=1S/C42H42I2N10O19S5/c1-70-34-11-7-25(17-38(34)77(64,65)66)51-53-30-21-36(72-13-3-15-74(55,56)57)32(19-28(30)43)46-41-48-40(45-23-24-5-9-27(10-6-24)76(61,62)63)49-42(50-41)47-33-20-29(44)31(22-37(33)73-14-4-16-75(58,59)60)54-52-26-8-12-35(71-2)39(18-26)78(67,68)69/h5-12,17-22H,3-4,13-16,23H2,1-2H3,(H,55,56,57)(H,58,59,60)(H,61,62,63)(H,64,65,66)(H,67,68,69)(H3,45,46,47,48,49,50). The number of methoxy groups -OCH3 is 2. The summed E-state index contributed by atoms with van der Waals surface area (Å²) < 4.78 is 188. The highest BCUT2D eigenvalue weighted by atomic mass is 127. The molecule has 0 radical (unpaired) electrons. The number of nitrogens with zero attached hydrogens (tertiary/aromatic N) is 7. The minimum Gasteiger partial charge on any atom is -0.495 e. The fourth-order valence-electron chi connectivity index (χ4n) is 6.37. The van der Waals surface area contributed by atoms with Crippen LogP contribution in [0.2, 0.25) is 0 Å². The number of rotatable bonds is 26. The number of halogens is 2. The first-order valence-corrected chi connectivity index (χ1v) is 31.3. The first-order valence-electron chi connectivity index (χ1n) is 21.6. The lowest BCUT2D eigenvalue weighted by molar-refractivity contribution is 0.317. The van der Waals surface area contributed by atoms with E-state index in [4.69, 9.17) is 18.9 Å². The van der Waals surface area contributed by atoms with E-state index in [1.807, 2.05) is 45.2 Å². The minimum absolute atomic E-state index is 0.000140. The van der Waals surface area contributed by atoms with Gasteiger partial charge < -0.3 is 34.9 Å². The van der Waals surface area contributed by atoms with Crippen LogP contribution in [-0.4, -0.2) is 119 Å². The minimum atomic E-state index is -4.74. The fraction of sp³-hybridized carbons (Fsp3) is 0.214. The SMILES string of the molecule is COc1ccc(N=Nc2cc(OCCCS(=O)(=O)O)c(Nc3nc(NCc4ccc(S(=O)(=O)O)cc4)nc(Nc4cc(I)c(N=Nc5ccc(OC)c(S(=O)(=O)O)c5)cc4OCCCS(=O)(=O)O)n3)cc2I)cc1S(=O)(=O)O. The summed E-state index contributed by atoms with van der Waals surface area (Å²) in [4.78, 5) is 12.0. The quantitative estimate of drug-likeness (QED) is 0.0110. The van der Waals surface area contributed by atoms with Crippen molar-refractivity contribution in [3.05, 3.63) is 97.6 Å². The molecule has 418 valence electrons. The Morgan fingerprint density at radius 2 is 0.910 bits per heavy atom. The maximum Gasteiger partial charge on any atom is 0.298 e. The maximum atomic E-state index is 12.0. The first kappa shape index (κ1) is 61.1. The van der Waals surface area contributed by atoms with Gasteiger partial charge >= 0.3 is 0 Å². The molecule has 0 bridgehead atoms. The lowest BCUT2D eigenvalue weighted by atomic mass is 10.2. The van der Waals surface area contributed by atoms with Crippen molar-refractivity contribution in [1.29, 1.82) is 0 Å². The number of azo groups is 2. The topological polar surface area (TPSA) is 433 Å². The Labute approximate surface area is 472 Å². The Balaban J connectivity index is 1.42. The zero-order chi connectivity index (χ0) is 57.2. The molecule has 6 rings (SSSR count). The van der Waals surface area contributed by atoms with E-state index in [2.05, 4.69) is 51.4 Å². The summed E-state index contributed by atoms with van der Waals surface area (Å²) in [6, 6.07) is 18.3. The van der Waals surface area contributed by atoms with Crippen molar-refractivity contribution in [1.82, 2.24) is 15.0 Å². The van der Waals surface area contributed by atoms with Crippen molar-refractivity contribution in [2.45, 2.75) is 34.1 Å². The third-order valence-electron chi connectivity index (χ3n) is 9.90. The number of hydrogen-bond donors (Lipinski definition) is 8.